The van der Waals surface area contributed by atoms with E-state index in [-0.39, 0.29) is 5.91 Å². The number of benzene rings is 1. The average Bonchev–Trinajstić information content (AvgIpc) is 3.28. The number of aromatic nitrogens is 4. The van der Waals surface area contributed by atoms with Gasteiger partial charge in [-0.25, -0.2) is 0 Å². The number of tetrazole rings is 1. The normalized spacial score (nSPS) is 18.6. The van der Waals surface area contributed by atoms with Crippen LogP contribution in [0.15, 0.2) is 30.3 Å². The molecule has 0 unspecified atom stereocenters. The van der Waals surface area contributed by atoms with Gasteiger partial charge in [0.2, 0.25) is 0 Å². The number of hydrogen-bond acceptors (Lipinski definition) is 5. The minimum atomic E-state index is 0.176. The van der Waals surface area contributed by atoms with E-state index in [1.807, 2.05) is 30.3 Å². The lowest BCUT2D eigenvalue weighted by atomic mass is 10.3. The number of nitrogens with zero attached hydrogens (tertiary/aromatic N) is 5. The highest BCUT2D eigenvalue weighted by atomic mass is 16.2. The number of hydrogen-bond donors (Lipinski definition) is 2. The predicted molar refractivity (Wildman–Crippen MR) is 88.1 cm³/mol. The molecule has 8 nitrogen and oxygen atoms in total. The highest BCUT2D eigenvalue weighted by Gasteiger charge is 2.28. The van der Waals surface area contributed by atoms with Gasteiger partial charge in [0, 0.05) is 6.04 Å². The second kappa shape index (κ2) is 6.56. The highest BCUT2D eigenvalue weighted by molar-refractivity contribution is 5.77. The first-order chi connectivity index (χ1) is 11.8. The first-order valence-corrected chi connectivity index (χ1v) is 8.51. The van der Waals surface area contributed by atoms with Gasteiger partial charge in [-0.05, 0) is 35.4 Å². The standard InChI is InChI=1S/C16H21N7O/c24-15(17-13-6-7-13)12-21-8-10-22(11-9-21)16-18-19-20-23(16)14-4-2-1-3-5-14/h1-5,13H,6-12H2,(H,17,24)/p+1. The lowest BCUT2D eigenvalue weighted by Crippen LogP contribution is -3.16. The zero-order valence-corrected chi connectivity index (χ0v) is 13.6. The predicted octanol–water partition coefficient (Wildman–Crippen LogP) is -1.35. The van der Waals surface area contributed by atoms with E-state index in [0.29, 0.717) is 12.6 Å². The van der Waals surface area contributed by atoms with Gasteiger partial charge in [-0.15, -0.1) is 0 Å². The Kier molecular flexibility index (Phi) is 4.12. The van der Waals surface area contributed by atoms with Crippen molar-refractivity contribution in [3.63, 3.8) is 0 Å². The number of piperazine rings is 1. The zero-order valence-electron chi connectivity index (χ0n) is 13.6. The van der Waals surface area contributed by atoms with Crippen molar-refractivity contribution in [2.24, 2.45) is 0 Å². The third-order valence-electron chi connectivity index (χ3n) is 4.56. The van der Waals surface area contributed by atoms with E-state index in [9.17, 15) is 4.79 Å². The van der Waals surface area contributed by atoms with Crippen LogP contribution in [0.25, 0.3) is 5.69 Å². The van der Waals surface area contributed by atoms with Gasteiger partial charge in [0.15, 0.2) is 6.54 Å². The number of amides is 1. The monoisotopic (exact) mass is 328 g/mol. The summed E-state index contributed by atoms with van der Waals surface area (Å²) in [6.45, 7) is 4.09. The van der Waals surface area contributed by atoms with Gasteiger partial charge < -0.3 is 15.1 Å². The van der Waals surface area contributed by atoms with Crippen LogP contribution in [0.4, 0.5) is 5.95 Å². The molecule has 2 fully saturated rings. The molecule has 1 amide bonds. The van der Waals surface area contributed by atoms with Crippen LogP contribution in [-0.2, 0) is 4.79 Å². The van der Waals surface area contributed by atoms with Crippen molar-refractivity contribution in [3.8, 4) is 5.69 Å². The van der Waals surface area contributed by atoms with Gasteiger partial charge in [0.05, 0.1) is 31.9 Å². The van der Waals surface area contributed by atoms with E-state index in [4.69, 9.17) is 0 Å². The molecule has 2 heterocycles. The number of carbonyl (C=O) groups excluding carboxylic acids is 1. The summed E-state index contributed by atoms with van der Waals surface area (Å²) in [6, 6.07) is 10.3. The summed E-state index contributed by atoms with van der Waals surface area (Å²) >= 11 is 0. The molecule has 0 atom stereocenters. The van der Waals surface area contributed by atoms with Crippen LogP contribution in [0, 0.1) is 0 Å². The minimum Gasteiger partial charge on any atom is -0.348 e. The van der Waals surface area contributed by atoms with Crippen molar-refractivity contribution in [3.05, 3.63) is 30.3 Å². The van der Waals surface area contributed by atoms with Gasteiger partial charge >= 0.3 is 0 Å². The van der Waals surface area contributed by atoms with Crippen LogP contribution >= 0.6 is 0 Å². The van der Waals surface area contributed by atoms with Crippen LogP contribution in [0.3, 0.4) is 0 Å². The van der Waals surface area contributed by atoms with Crippen molar-refractivity contribution in [2.75, 3.05) is 37.6 Å². The molecule has 8 heteroatoms. The number of quaternary nitrogens is 1. The van der Waals surface area contributed by atoms with Crippen LogP contribution in [0.2, 0.25) is 0 Å². The molecule has 1 saturated carbocycles. The summed E-state index contributed by atoms with van der Waals surface area (Å²) in [7, 11) is 0. The van der Waals surface area contributed by atoms with Crippen molar-refractivity contribution in [2.45, 2.75) is 18.9 Å². The Labute approximate surface area is 140 Å². The maximum atomic E-state index is 11.9. The van der Waals surface area contributed by atoms with Gasteiger partial charge in [0.1, 0.15) is 0 Å². The Morgan fingerprint density at radius 3 is 2.67 bits per heavy atom. The topological polar surface area (TPSA) is 80.4 Å². The molecule has 126 valence electrons. The molecule has 4 rings (SSSR count). The van der Waals surface area contributed by atoms with E-state index >= 15 is 0 Å². The number of rotatable bonds is 5. The van der Waals surface area contributed by atoms with E-state index in [1.165, 1.54) is 4.90 Å². The molecular weight excluding hydrogens is 306 g/mol. The lowest BCUT2D eigenvalue weighted by molar-refractivity contribution is -0.892. The van der Waals surface area contributed by atoms with Crippen LogP contribution in [0.1, 0.15) is 12.8 Å². The number of anilines is 1. The smallest absolute Gasteiger partial charge is 0.275 e. The van der Waals surface area contributed by atoms with E-state index < -0.39 is 0 Å². The Hall–Kier alpha value is -2.48. The van der Waals surface area contributed by atoms with Crippen LogP contribution in [0.5, 0.6) is 0 Å². The summed E-state index contributed by atoms with van der Waals surface area (Å²) in [5.74, 6) is 0.942. The van der Waals surface area contributed by atoms with Crippen LogP contribution in [-0.4, -0.2) is 64.9 Å². The third-order valence-corrected chi connectivity index (χ3v) is 4.56. The molecule has 2 aliphatic rings. The van der Waals surface area contributed by atoms with Crippen molar-refractivity contribution in [1.29, 1.82) is 0 Å². The summed E-state index contributed by atoms with van der Waals surface area (Å²) in [5, 5.41) is 15.2. The quantitative estimate of drug-likeness (QED) is 0.709. The summed E-state index contributed by atoms with van der Waals surface area (Å²) in [5.41, 5.74) is 0.955. The van der Waals surface area contributed by atoms with Crippen molar-refractivity contribution < 1.29 is 9.69 Å². The Morgan fingerprint density at radius 2 is 1.96 bits per heavy atom. The largest absolute Gasteiger partial charge is 0.348 e. The number of carbonyl (C=O) groups is 1. The molecule has 0 spiro atoms. The van der Waals surface area contributed by atoms with Gasteiger partial charge in [-0.2, -0.15) is 4.68 Å². The molecule has 1 aromatic carbocycles. The first-order valence-electron chi connectivity index (χ1n) is 8.51. The third kappa shape index (κ3) is 3.38. The van der Waals surface area contributed by atoms with E-state index in [0.717, 1.165) is 50.7 Å². The van der Waals surface area contributed by atoms with E-state index in [2.05, 4.69) is 25.7 Å². The SMILES string of the molecule is O=C(C[NH+]1CCN(c2nnnn2-c2ccccc2)CC1)NC1CC1. The lowest BCUT2D eigenvalue weighted by Gasteiger charge is -2.31. The number of nitrogens with one attached hydrogen (secondary N) is 2. The van der Waals surface area contributed by atoms with Crippen molar-refractivity contribution in [1.82, 2.24) is 25.5 Å². The van der Waals surface area contributed by atoms with E-state index in [1.54, 1.807) is 4.68 Å². The Morgan fingerprint density at radius 1 is 1.21 bits per heavy atom. The molecule has 1 aromatic heterocycles. The average molecular weight is 328 g/mol. The Bertz CT molecular complexity index is 689. The zero-order chi connectivity index (χ0) is 16.4. The fraction of sp³-hybridized carbons (Fsp3) is 0.500. The van der Waals surface area contributed by atoms with Gasteiger partial charge in [0.25, 0.3) is 11.9 Å². The van der Waals surface area contributed by atoms with Gasteiger partial charge in [-0.3, -0.25) is 4.79 Å². The summed E-state index contributed by atoms with van der Waals surface area (Å²) in [4.78, 5) is 15.4. The molecule has 1 aliphatic heterocycles. The summed E-state index contributed by atoms with van der Waals surface area (Å²) in [6.07, 6.45) is 2.27. The van der Waals surface area contributed by atoms with Crippen LogP contribution < -0.4 is 15.1 Å². The maximum Gasteiger partial charge on any atom is 0.275 e. The van der Waals surface area contributed by atoms with Crippen molar-refractivity contribution >= 4 is 11.9 Å². The minimum absolute atomic E-state index is 0.176. The highest BCUT2D eigenvalue weighted by Crippen LogP contribution is 2.18. The molecule has 24 heavy (non-hydrogen) atoms. The molecular formula is C16H22N7O+. The molecule has 2 aromatic rings. The second-order valence-corrected chi connectivity index (χ2v) is 6.48. The molecule has 1 aliphatic carbocycles. The maximum absolute atomic E-state index is 11.9. The van der Waals surface area contributed by atoms with Gasteiger partial charge in [-0.1, -0.05) is 23.3 Å². The molecule has 0 bridgehead atoms. The fourth-order valence-electron chi connectivity index (χ4n) is 3.05. The molecule has 2 N–H and O–H groups in total. The summed E-state index contributed by atoms with van der Waals surface area (Å²) < 4.78 is 1.77. The molecule has 1 saturated heterocycles. The second-order valence-electron chi connectivity index (χ2n) is 6.48. The number of para-hydroxylation sites is 1. The Balaban J connectivity index is 1.36. The molecule has 0 radical (unpaired) electrons. The first kappa shape index (κ1) is 15.1. The fourth-order valence-corrected chi connectivity index (χ4v) is 3.05.